The molecule has 18 nitrogen and oxygen atoms in total. The van der Waals surface area contributed by atoms with Crippen molar-refractivity contribution in [3.05, 3.63) is 30.5 Å². The van der Waals surface area contributed by atoms with Crippen LogP contribution in [0.25, 0.3) is 30.5 Å². The summed E-state index contributed by atoms with van der Waals surface area (Å²) in [6.45, 7) is 26.5. The van der Waals surface area contributed by atoms with E-state index in [9.17, 15) is 9.13 Å². The van der Waals surface area contributed by atoms with Crippen LogP contribution in [0.5, 0.6) is 0 Å². The van der Waals surface area contributed by atoms with Crippen molar-refractivity contribution in [2.24, 2.45) is 0 Å². The second kappa shape index (κ2) is 64.1. The first kappa shape index (κ1) is 96.0. The summed E-state index contributed by atoms with van der Waals surface area (Å²) in [4.78, 5) is 35.6. The van der Waals surface area contributed by atoms with Gasteiger partial charge >= 0.3 is 123 Å². The van der Waals surface area contributed by atoms with Crippen molar-refractivity contribution in [2.75, 3.05) is 14.2 Å². The monoisotopic (exact) mass is 1370 g/mol. The molecule has 0 rings (SSSR count). The molecule has 0 amide bonds. The van der Waals surface area contributed by atoms with E-state index in [0.717, 1.165) is 41.9 Å². The van der Waals surface area contributed by atoms with Crippen molar-refractivity contribution in [3.8, 4) is 0 Å². The molecule has 0 N–H and O–H groups in total. The number of nitrogens with zero attached hydrogens (tertiary/aromatic N) is 6. The van der Waals surface area contributed by atoms with E-state index in [1.54, 1.807) is 0 Å². The van der Waals surface area contributed by atoms with E-state index >= 15 is 0 Å². The Balaban J connectivity index is -0.0000000309. The molecule has 0 aliphatic rings. The first-order chi connectivity index (χ1) is 21.4. The largest absolute Gasteiger partial charge is 2.00 e. The van der Waals surface area contributed by atoms with Crippen LogP contribution in [0.2, 0.25) is 0 Å². The molecule has 0 unspecified atom stereocenters. The van der Waals surface area contributed by atoms with Gasteiger partial charge in [-0.2, -0.15) is 14.2 Å². The SMILES string of the molecule is CC(=O)[O-].CC(=O)[O-].CC(=O)[O-].CC(=O)[O-].CC(C)[N-]P(=O)([N-]C(C)C)[N-]C(C)C.CC(C)[N-]P(=O)([N-]C(C)C)[N-]C(C)C.C[O-].C[O-].[Pd+2].[Pd+2].[Pd+2].[Pd+2].[Pd+2].[Pd+2]. The third kappa shape index (κ3) is 148. The smallest absolute Gasteiger partial charge is 0.857 e. The standard InChI is InChI=1S/2C9H21N3OP.4C2H4O2.2CH3O.6Pd/c2*1-7(2)10-14(13,11-8(3)4)12-9(5)6;4*1-2(3)4;2*1-2;;;;;;/h2*7-9H,1-6H3;4*1H3,(H,3,4);2*1H3;;;;;;/q2*-3;;;;;2*-1;6*+2/p-4. The molecule has 0 aromatic carbocycles. The van der Waals surface area contributed by atoms with E-state index < -0.39 is 39.1 Å². The third-order valence-electron chi connectivity index (χ3n) is 2.29. The minimum absolute atomic E-state index is 0. The van der Waals surface area contributed by atoms with Crippen LogP contribution in [0.15, 0.2) is 0 Å². The van der Waals surface area contributed by atoms with E-state index in [1.165, 1.54) is 0 Å². The quantitative estimate of drug-likeness (QED) is 0.200. The maximum Gasteiger partial charge on any atom is 2.00 e. The average Bonchev–Trinajstić information content (AvgIpc) is 2.76. The summed E-state index contributed by atoms with van der Waals surface area (Å²) in [5.41, 5.74) is 0. The number of carbonyl (C=O) groups excluding carboxylic acids is 4. The number of carbonyl (C=O) groups is 4. The molecular formula is C28H60N6O12P2Pd6. The van der Waals surface area contributed by atoms with Crippen LogP contribution < -0.4 is 30.6 Å². The first-order valence-corrected chi connectivity index (χ1v) is 17.6. The molecule has 0 radical (unpaired) electrons. The van der Waals surface area contributed by atoms with Crippen LogP contribution in [0.1, 0.15) is 111 Å². The van der Waals surface area contributed by atoms with E-state index in [1.807, 2.05) is 83.1 Å². The van der Waals surface area contributed by atoms with Gasteiger partial charge in [0.1, 0.15) is 0 Å². The van der Waals surface area contributed by atoms with Crippen LogP contribution in [-0.2, 0) is 151 Å². The molecule has 0 saturated carbocycles. The van der Waals surface area contributed by atoms with E-state index in [0.29, 0.717) is 0 Å². The molecule has 344 valence electrons. The Bertz CT molecular complexity index is 713. The van der Waals surface area contributed by atoms with E-state index in [4.69, 9.17) is 49.8 Å². The fourth-order valence-corrected chi connectivity index (χ4v) is 5.95. The van der Waals surface area contributed by atoms with Gasteiger partial charge in [0.15, 0.2) is 0 Å². The van der Waals surface area contributed by atoms with E-state index in [-0.39, 0.29) is 159 Å². The predicted octanol–water partition coefficient (Wildman–Crippen LogP) is 1.84. The predicted molar refractivity (Wildman–Crippen MR) is 181 cm³/mol. The van der Waals surface area contributed by atoms with Gasteiger partial charge in [0.25, 0.3) is 0 Å². The van der Waals surface area contributed by atoms with Crippen LogP contribution in [-0.4, -0.2) is 74.3 Å². The summed E-state index contributed by atoms with van der Waals surface area (Å²) in [5, 5.41) is 76.7. The Morgan fingerprint density at radius 2 is 0.389 bits per heavy atom. The third-order valence-corrected chi connectivity index (χ3v) is 6.86. The number of hydrogen-bond acceptors (Lipinski definition) is 12. The molecule has 54 heavy (non-hydrogen) atoms. The molecule has 0 aromatic rings. The van der Waals surface area contributed by atoms with Gasteiger partial charge in [0.05, 0.1) is 0 Å². The van der Waals surface area contributed by atoms with Gasteiger partial charge in [-0.15, -0.1) is 36.3 Å². The fraction of sp³-hybridized carbons (Fsp3) is 0.857. The second-order valence-corrected chi connectivity index (χ2v) is 13.7. The minimum Gasteiger partial charge on any atom is -0.857 e. The Hall–Kier alpha value is 1.99. The van der Waals surface area contributed by atoms with Gasteiger partial charge < -0.3 is 89.5 Å². The van der Waals surface area contributed by atoms with Gasteiger partial charge in [0.2, 0.25) is 0 Å². The topological polar surface area (TPSA) is 325 Å². The maximum absolute atomic E-state index is 12.1. The molecule has 0 bridgehead atoms. The molecule has 26 heteroatoms. The summed E-state index contributed by atoms with van der Waals surface area (Å²) in [5.74, 6) is -4.33. The van der Waals surface area contributed by atoms with Gasteiger partial charge in [-0.25, -0.2) is 15.2 Å². The van der Waals surface area contributed by atoms with Crippen LogP contribution in [0, 0.1) is 0 Å². The van der Waals surface area contributed by atoms with Crippen molar-refractivity contribution in [2.45, 2.75) is 147 Å². The minimum atomic E-state index is -3.01. The van der Waals surface area contributed by atoms with Crippen LogP contribution in [0.4, 0.5) is 0 Å². The summed E-state index contributed by atoms with van der Waals surface area (Å²) < 4.78 is 24.3. The average molecular weight is 1370 g/mol. The summed E-state index contributed by atoms with van der Waals surface area (Å²) in [6, 6.07) is 0.0324. The van der Waals surface area contributed by atoms with E-state index in [2.05, 4.69) is 30.5 Å². The number of hydrogen-bond donors (Lipinski definition) is 0. The normalized spacial score (nSPS) is 8.93. The van der Waals surface area contributed by atoms with Crippen molar-refractivity contribution in [1.82, 2.24) is 0 Å². The fourth-order valence-electron chi connectivity index (χ4n) is 1.98. The van der Waals surface area contributed by atoms with Crippen LogP contribution >= 0.6 is 15.2 Å². The first-order valence-electron chi connectivity index (χ1n) is 14.5. The molecule has 0 fully saturated rings. The number of rotatable bonds is 12. The molecular weight excluding hydrogens is 1310 g/mol. The zero-order valence-electron chi connectivity index (χ0n) is 33.8. The summed E-state index contributed by atoms with van der Waals surface area (Å²) in [6.07, 6.45) is 0. The Morgan fingerprint density at radius 3 is 0.426 bits per heavy atom. The van der Waals surface area contributed by atoms with Crippen molar-refractivity contribution in [1.29, 1.82) is 0 Å². The molecule has 0 spiro atoms. The zero-order chi connectivity index (χ0) is 41.0. The molecule has 0 heterocycles. The Labute approximate surface area is 408 Å². The summed E-state index contributed by atoms with van der Waals surface area (Å²) in [7, 11) is -4.53. The Morgan fingerprint density at radius 1 is 0.333 bits per heavy atom. The number of carboxylic acid groups (broad SMARTS) is 4. The van der Waals surface area contributed by atoms with Gasteiger partial charge in [-0.05, 0) is 27.7 Å². The molecule has 0 aliphatic heterocycles. The van der Waals surface area contributed by atoms with Crippen molar-refractivity contribution < 1.29 is 181 Å². The van der Waals surface area contributed by atoms with Gasteiger partial charge in [0, 0.05) is 23.9 Å². The second-order valence-electron chi connectivity index (χ2n) is 10.2. The van der Waals surface area contributed by atoms with Crippen molar-refractivity contribution in [3.63, 3.8) is 0 Å². The molecule has 0 atom stereocenters. The van der Waals surface area contributed by atoms with Gasteiger partial charge in [-0.3, -0.25) is 0 Å². The Kier molecular flexibility index (Phi) is 114. The summed E-state index contributed by atoms with van der Waals surface area (Å²) >= 11 is 0. The maximum atomic E-state index is 12.1. The molecule has 0 saturated heterocycles. The zero-order valence-corrected chi connectivity index (χ0v) is 45.0. The molecule has 0 aromatic heterocycles. The molecule has 0 aliphatic carbocycles. The van der Waals surface area contributed by atoms with Crippen LogP contribution in [0.3, 0.4) is 0 Å². The number of aliphatic carboxylic acids is 4. The van der Waals surface area contributed by atoms with Crippen molar-refractivity contribution >= 4 is 39.1 Å². The number of carboxylic acids is 4. The van der Waals surface area contributed by atoms with Gasteiger partial charge in [-0.1, -0.05) is 83.1 Å².